The van der Waals surface area contributed by atoms with E-state index in [4.69, 9.17) is 21.7 Å². The maximum atomic E-state index is 12.8. The molecule has 11 heteroatoms. The maximum absolute atomic E-state index is 12.8. The predicted octanol–water partition coefficient (Wildman–Crippen LogP) is 3.63. The molecule has 9 nitrogen and oxygen atoms in total. The van der Waals surface area contributed by atoms with E-state index < -0.39 is 5.91 Å². The van der Waals surface area contributed by atoms with Gasteiger partial charge in [-0.05, 0) is 60.9 Å². The molecule has 1 heterocycles. The van der Waals surface area contributed by atoms with Gasteiger partial charge < -0.3 is 14.6 Å². The Labute approximate surface area is 218 Å². The van der Waals surface area contributed by atoms with Crippen molar-refractivity contribution in [2.45, 2.75) is 25.7 Å². The molecule has 1 fully saturated rings. The smallest absolute Gasteiger partial charge is 0.269 e. The molecule has 3 rings (SSSR count). The number of nitrogens with zero attached hydrogens (tertiary/aromatic N) is 1. The minimum Gasteiger partial charge on any atom is -0.508 e. The molecule has 0 unspecified atom stereocenters. The van der Waals surface area contributed by atoms with Gasteiger partial charge in [0.2, 0.25) is 5.91 Å². The Morgan fingerprint density at radius 1 is 1.03 bits per heavy atom. The zero-order valence-corrected chi connectivity index (χ0v) is 21.5. The Kier molecular flexibility index (Phi) is 9.71. The van der Waals surface area contributed by atoms with Gasteiger partial charge >= 0.3 is 0 Å². The van der Waals surface area contributed by atoms with Gasteiger partial charge in [-0.25, -0.2) is 0 Å². The van der Waals surface area contributed by atoms with E-state index in [0.717, 1.165) is 5.56 Å². The molecule has 1 aliphatic rings. The van der Waals surface area contributed by atoms with Crippen LogP contribution in [0, 0.1) is 0 Å². The first kappa shape index (κ1) is 27.0. The number of nitrogens with one attached hydrogen (secondary N) is 2. The number of hydrazine groups is 1. The third-order valence-corrected chi connectivity index (χ3v) is 6.69. The van der Waals surface area contributed by atoms with E-state index in [2.05, 4.69) is 10.9 Å². The molecule has 0 atom stereocenters. The van der Waals surface area contributed by atoms with E-state index in [-0.39, 0.29) is 24.0 Å². The van der Waals surface area contributed by atoms with Crippen LogP contribution in [-0.2, 0) is 9.59 Å². The topological polar surface area (TPSA) is 117 Å². The molecule has 36 heavy (non-hydrogen) atoms. The number of amides is 3. The minimum absolute atomic E-state index is 0.0516. The summed E-state index contributed by atoms with van der Waals surface area (Å²) in [5.41, 5.74) is 5.83. The van der Waals surface area contributed by atoms with E-state index in [0.29, 0.717) is 52.1 Å². The molecule has 0 bridgehead atoms. The van der Waals surface area contributed by atoms with Gasteiger partial charge in [0.1, 0.15) is 10.1 Å². The average Bonchev–Trinajstić information content (AvgIpc) is 3.14. The number of unbranched alkanes of at least 4 members (excludes halogenated alkanes) is 2. The molecule has 0 aliphatic carbocycles. The Bertz CT molecular complexity index is 1170. The Hall–Kier alpha value is -3.57. The fourth-order valence-electron chi connectivity index (χ4n) is 3.39. The molecule has 0 aromatic heterocycles. The van der Waals surface area contributed by atoms with Crippen molar-refractivity contribution in [3.8, 4) is 17.2 Å². The van der Waals surface area contributed by atoms with Crippen LogP contribution in [0.1, 0.15) is 41.6 Å². The second kappa shape index (κ2) is 12.9. The molecule has 0 radical (unpaired) electrons. The number of thioether (sulfide) groups is 1. The number of carbonyl (C=O) groups excluding carboxylic acids is 3. The van der Waals surface area contributed by atoms with Crippen LogP contribution < -0.4 is 20.3 Å². The van der Waals surface area contributed by atoms with Crippen molar-refractivity contribution in [2.75, 3.05) is 20.8 Å². The summed E-state index contributed by atoms with van der Waals surface area (Å²) >= 11 is 6.64. The standard InChI is InChI=1S/C25H27N3O6S2/c1-33-19-12-7-16(14-20(19)34-2)15-21-24(32)28(25(35)36-21)13-5-3-4-6-22(30)26-27-23(31)17-8-10-18(29)11-9-17/h7-12,14-15,29H,3-6,13H2,1-2H3,(H,26,30)(H,27,31)/b21-15-. The molecule has 2 aromatic carbocycles. The molecule has 0 saturated carbocycles. The summed E-state index contributed by atoms with van der Waals surface area (Å²) < 4.78 is 11.1. The van der Waals surface area contributed by atoms with Crippen molar-refractivity contribution < 1.29 is 29.0 Å². The number of aromatic hydroxyl groups is 1. The molecule has 0 spiro atoms. The number of phenols is 1. The highest BCUT2D eigenvalue weighted by molar-refractivity contribution is 8.26. The van der Waals surface area contributed by atoms with Crippen LogP contribution in [0.15, 0.2) is 47.4 Å². The summed E-state index contributed by atoms with van der Waals surface area (Å²) in [5.74, 6) is 0.302. The van der Waals surface area contributed by atoms with Crippen molar-refractivity contribution in [3.05, 3.63) is 58.5 Å². The number of ether oxygens (including phenoxy) is 2. The highest BCUT2D eigenvalue weighted by Gasteiger charge is 2.31. The fraction of sp³-hybridized carbons (Fsp3) is 0.280. The van der Waals surface area contributed by atoms with Gasteiger partial charge in [0.05, 0.1) is 19.1 Å². The zero-order chi connectivity index (χ0) is 26.1. The van der Waals surface area contributed by atoms with Gasteiger partial charge in [-0.2, -0.15) is 0 Å². The second-order valence-corrected chi connectivity index (χ2v) is 9.48. The summed E-state index contributed by atoms with van der Waals surface area (Å²) in [6.07, 6.45) is 4.00. The quantitative estimate of drug-likeness (QED) is 0.185. The normalized spacial score (nSPS) is 14.2. The second-order valence-electron chi connectivity index (χ2n) is 7.81. The third-order valence-electron chi connectivity index (χ3n) is 5.31. The van der Waals surface area contributed by atoms with Gasteiger partial charge in [-0.3, -0.25) is 30.1 Å². The molecule has 1 saturated heterocycles. The monoisotopic (exact) mass is 529 g/mol. The molecular weight excluding hydrogens is 502 g/mol. The third kappa shape index (κ3) is 7.22. The highest BCUT2D eigenvalue weighted by Crippen LogP contribution is 2.34. The molecule has 1 aliphatic heterocycles. The lowest BCUT2D eigenvalue weighted by atomic mass is 10.1. The number of carbonyl (C=O) groups is 3. The van der Waals surface area contributed by atoms with Gasteiger partial charge in [0.15, 0.2) is 11.5 Å². The Balaban J connectivity index is 1.40. The van der Waals surface area contributed by atoms with Crippen LogP contribution in [0.4, 0.5) is 0 Å². The van der Waals surface area contributed by atoms with Gasteiger partial charge in [0, 0.05) is 18.5 Å². The number of thiocarbonyl (C=S) groups is 1. The molecule has 3 N–H and O–H groups in total. The van der Waals surface area contributed by atoms with Crippen LogP contribution in [0.25, 0.3) is 6.08 Å². The van der Waals surface area contributed by atoms with Crippen LogP contribution in [-0.4, -0.2) is 52.8 Å². The fourth-order valence-corrected chi connectivity index (χ4v) is 4.70. The summed E-state index contributed by atoms with van der Waals surface area (Å²) in [4.78, 5) is 38.9. The number of rotatable bonds is 10. The van der Waals surface area contributed by atoms with Gasteiger partial charge in [-0.15, -0.1) is 0 Å². The lowest BCUT2D eigenvalue weighted by Gasteiger charge is -2.14. The maximum Gasteiger partial charge on any atom is 0.269 e. The first-order valence-electron chi connectivity index (χ1n) is 11.2. The number of phenolic OH excluding ortho intramolecular Hbond substituents is 1. The van der Waals surface area contributed by atoms with Crippen molar-refractivity contribution in [3.63, 3.8) is 0 Å². The highest BCUT2D eigenvalue weighted by atomic mass is 32.2. The lowest BCUT2D eigenvalue weighted by molar-refractivity contribution is -0.123. The Morgan fingerprint density at radius 2 is 1.75 bits per heavy atom. The number of hydrogen-bond acceptors (Lipinski definition) is 8. The number of benzene rings is 2. The predicted molar refractivity (Wildman–Crippen MR) is 142 cm³/mol. The summed E-state index contributed by atoms with van der Waals surface area (Å²) in [6, 6.07) is 11.1. The van der Waals surface area contributed by atoms with Gasteiger partial charge in [0.25, 0.3) is 11.8 Å². The van der Waals surface area contributed by atoms with Crippen molar-refractivity contribution in [1.29, 1.82) is 0 Å². The van der Waals surface area contributed by atoms with Crippen molar-refractivity contribution in [2.24, 2.45) is 0 Å². The van der Waals surface area contributed by atoms with Crippen LogP contribution in [0.2, 0.25) is 0 Å². The molecule has 3 amide bonds. The van der Waals surface area contributed by atoms with Gasteiger partial charge in [-0.1, -0.05) is 36.5 Å². The number of methoxy groups -OCH3 is 2. The molecule has 2 aromatic rings. The SMILES string of the molecule is COc1ccc(/C=C2\SC(=S)N(CCCCCC(=O)NNC(=O)c3ccc(O)cc3)C2=O)cc1OC. The first-order valence-corrected chi connectivity index (χ1v) is 12.4. The summed E-state index contributed by atoms with van der Waals surface area (Å²) in [5, 5.41) is 9.26. The van der Waals surface area contributed by atoms with E-state index in [9.17, 15) is 19.5 Å². The zero-order valence-electron chi connectivity index (χ0n) is 19.9. The van der Waals surface area contributed by atoms with E-state index in [1.807, 2.05) is 6.07 Å². The largest absolute Gasteiger partial charge is 0.508 e. The van der Waals surface area contributed by atoms with Crippen molar-refractivity contribution >= 4 is 52.1 Å². The molecule has 190 valence electrons. The number of hydrogen-bond donors (Lipinski definition) is 3. The first-order chi connectivity index (χ1) is 17.3. The summed E-state index contributed by atoms with van der Waals surface area (Å²) in [7, 11) is 3.12. The average molecular weight is 530 g/mol. The minimum atomic E-state index is -0.473. The van der Waals surface area contributed by atoms with E-state index in [1.54, 1.807) is 37.3 Å². The summed E-state index contributed by atoms with van der Waals surface area (Å²) in [6.45, 7) is 0.465. The van der Waals surface area contributed by atoms with Crippen molar-refractivity contribution in [1.82, 2.24) is 15.8 Å². The van der Waals surface area contributed by atoms with Crippen LogP contribution >= 0.6 is 24.0 Å². The molecular formula is C25H27N3O6S2. The lowest BCUT2D eigenvalue weighted by Crippen LogP contribution is -2.41. The Morgan fingerprint density at radius 3 is 2.44 bits per heavy atom. The van der Waals surface area contributed by atoms with E-state index >= 15 is 0 Å². The van der Waals surface area contributed by atoms with E-state index in [1.165, 1.54) is 36.0 Å². The van der Waals surface area contributed by atoms with Crippen LogP contribution in [0.5, 0.6) is 17.2 Å². The van der Waals surface area contributed by atoms with Crippen LogP contribution in [0.3, 0.4) is 0 Å².